The molecule has 2 N–H and O–H groups in total. The van der Waals surface area contributed by atoms with Crippen molar-refractivity contribution in [3.8, 4) is 17.6 Å². The van der Waals surface area contributed by atoms with E-state index in [0.717, 1.165) is 0 Å². The van der Waals surface area contributed by atoms with Crippen LogP contribution >= 0.6 is 0 Å². The zero-order chi connectivity index (χ0) is 11.3. The number of hydrogen-bond acceptors (Lipinski definition) is 2. The minimum absolute atomic E-state index is 0.271. The number of nitrogens with two attached hydrogens (primary N) is 1. The van der Waals surface area contributed by atoms with Crippen LogP contribution in [-0.4, -0.2) is 6.61 Å². The quantitative estimate of drug-likeness (QED) is 0.771. The van der Waals surface area contributed by atoms with Crippen molar-refractivity contribution in [2.24, 2.45) is 5.73 Å². The van der Waals surface area contributed by atoms with Crippen molar-refractivity contribution < 1.29 is 9.13 Å². The van der Waals surface area contributed by atoms with Crippen LogP contribution < -0.4 is 10.5 Å². The molecule has 2 nitrogen and oxygen atoms in total. The zero-order valence-electron chi connectivity index (χ0n) is 8.88. The standard InChI is InChI=1S/C12H14FNO/c1-3-4-7-15-10-5-6-11(9(2)14)12(13)8-10/h5-6,8-9H,7,14H2,1-2H3/t9-/m0/s1. The lowest BCUT2D eigenvalue weighted by Crippen LogP contribution is -2.07. The van der Waals surface area contributed by atoms with Gasteiger partial charge in [0.15, 0.2) is 0 Å². The van der Waals surface area contributed by atoms with Crippen molar-refractivity contribution >= 4 is 0 Å². The van der Waals surface area contributed by atoms with E-state index in [4.69, 9.17) is 10.5 Å². The van der Waals surface area contributed by atoms with Gasteiger partial charge in [-0.2, -0.15) is 0 Å². The highest BCUT2D eigenvalue weighted by Gasteiger charge is 2.07. The fourth-order valence-electron chi connectivity index (χ4n) is 1.16. The minimum atomic E-state index is -0.341. The van der Waals surface area contributed by atoms with Crippen LogP contribution in [0.4, 0.5) is 4.39 Å². The van der Waals surface area contributed by atoms with Crippen molar-refractivity contribution in [2.75, 3.05) is 6.61 Å². The van der Waals surface area contributed by atoms with Gasteiger partial charge in [-0.1, -0.05) is 12.0 Å². The first-order chi connectivity index (χ1) is 7.15. The van der Waals surface area contributed by atoms with Crippen LogP contribution in [0.5, 0.6) is 5.75 Å². The van der Waals surface area contributed by atoms with E-state index in [1.54, 1.807) is 26.0 Å². The first-order valence-electron chi connectivity index (χ1n) is 4.72. The van der Waals surface area contributed by atoms with Crippen LogP contribution in [-0.2, 0) is 0 Å². The second-order valence-electron chi connectivity index (χ2n) is 3.19. The summed E-state index contributed by atoms with van der Waals surface area (Å²) in [5.74, 6) is 5.56. The lowest BCUT2D eigenvalue weighted by molar-refractivity contribution is 0.367. The number of hydrogen-bond donors (Lipinski definition) is 1. The topological polar surface area (TPSA) is 35.2 Å². The number of ether oxygens (including phenoxy) is 1. The van der Waals surface area contributed by atoms with Gasteiger partial charge in [0.2, 0.25) is 0 Å². The van der Waals surface area contributed by atoms with Crippen molar-refractivity contribution in [3.05, 3.63) is 29.6 Å². The second kappa shape index (κ2) is 5.38. The van der Waals surface area contributed by atoms with Gasteiger partial charge in [-0.3, -0.25) is 0 Å². The average Bonchev–Trinajstić information content (AvgIpc) is 2.17. The van der Waals surface area contributed by atoms with E-state index in [-0.39, 0.29) is 18.5 Å². The summed E-state index contributed by atoms with van der Waals surface area (Å²) in [4.78, 5) is 0. The molecule has 0 saturated carbocycles. The van der Waals surface area contributed by atoms with Crippen molar-refractivity contribution in [1.82, 2.24) is 0 Å². The predicted molar refractivity (Wildman–Crippen MR) is 57.9 cm³/mol. The summed E-state index contributed by atoms with van der Waals surface area (Å²) in [6.45, 7) is 3.73. The smallest absolute Gasteiger partial charge is 0.149 e. The molecule has 0 fully saturated rings. The predicted octanol–water partition coefficient (Wildman–Crippen LogP) is 2.25. The molecule has 0 saturated heterocycles. The van der Waals surface area contributed by atoms with Crippen LogP contribution in [0.3, 0.4) is 0 Å². The SMILES string of the molecule is CC#CCOc1ccc([C@H](C)N)c(F)c1. The van der Waals surface area contributed by atoms with E-state index in [0.29, 0.717) is 11.3 Å². The van der Waals surface area contributed by atoms with E-state index in [9.17, 15) is 4.39 Å². The molecule has 0 aliphatic heterocycles. The maximum Gasteiger partial charge on any atom is 0.149 e. The number of benzene rings is 1. The highest BCUT2D eigenvalue weighted by Crippen LogP contribution is 2.20. The summed E-state index contributed by atoms with van der Waals surface area (Å²) in [6.07, 6.45) is 0. The minimum Gasteiger partial charge on any atom is -0.481 e. The Balaban J connectivity index is 2.76. The molecule has 0 amide bonds. The van der Waals surface area contributed by atoms with Gasteiger partial charge in [0.1, 0.15) is 18.2 Å². The van der Waals surface area contributed by atoms with Gasteiger partial charge in [0, 0.05) is 17.7 Å². The molecule has 3 heteroatoms. The molecule has 0 radical (unpaired) electrons. The van der Waals surface area contributed by atoms with Crippen molar-refractivity contribution in [1.29, 1.82) is 0 Å². The van der Waals surface area contributed by atoms with Gasteiger partial charge < -0.3 is 10.5 Å². The van der Waals surface area contributed by atoms with Gasteiger partial charge in [0.05, 0.1) is 0 Å². The van der Waals surface area contributed by atoms with E-state index in [1.165, 1.54) is 6.07 Å². The van der Waals surface area contributed by atoms with Crippen molar-refractivity contribution in [3.63, 3.8) is 0 Å². The summed E-state index contributed by atoms with van der Waals surface area (Å²) in [6, 6.07) is 4.35. The molecule has 15 heavy (non-hydrogen) atoms. The number of halogens is 1. The molecule has 0 bridgehead atoms. The fourth-order valence-corrected chi connectivity index (χ4v) is 1.16. The molecular formula is C12H14FNO. The molecular weight excluding hydrogens is 193 g/mol. The Kier molecular flexibility index (Phi) is 4.14. The average molecular weight is 207 g/mol. The van der Waals surface area contributed by atoms with Crippen LogP contribution in [0.2, 0.25) is 0 Å². The molecule has 1 rings (SSSR count). The summed E-state index contributed by atoms with van der Waals surface area (Å²) in [5, 5.41) is 0. The molecule has 1 aromatic rings. The van der Waals surface area contributed by atoms with Crippen LogP contribution in [0.1, 0.15) is 25.5 Å². The lowest BCUT2D eigenvalue weighted by Gasteiger charge is -2.08. The maximum absolute atomic E-state index is 13.4. The first kappa shape index (κ1) is 11.5. The largest absolute Gasteiger partial charge is 0.481 e. The summed E-state index contributed by atoms with van der Waals surface area (Å²) in [5.41, 5.74) is 6.07. The Hall–Kier alpha value is -1.53. The highest BCUT2D eigenvalue weighted by molar-refractivity contribution is 5.30. The van der Waals surface area contributed by atoms with Crippen LogP contribution in [0.25, 0.3) is 0 Å². The second-order valence-corrected chi connectivity index (χ2v) is 3.19. The molecule has 1 atom stereocenters. The van der Waals surface area contributed by atoms with Gasteiger partial charge in [-0.15, -0.1) is 5.92 Å². The van der Waals surface area contributed by atoms with Gasteiger partial charge in [-0.25, -0.2) is 4.39 Å². The molecule has 0 heterocycles. The summed E-state index contributed by atoms with van der Waals surface area (Å²) < 4.78 is 18.6. The van der Waals surface area contributed by atoms with Gasteiger partial charge in [-0.05, 0) is 19.9 Å². The Bertz CT molecular complexity index is 390. The monoisotopic (exact) mass is 207 g/mol. The molecule has 0 unspecified atom stereocenters. The molecule has 80 valence electrons. The third kappa shape index (κ3) is 3.26. The third-order valence-electron chi connectivity index (χ3n) is 1.95. The Labute approximate surface area is 89.2 Å². The normalized spacial score (nSPS) is 11.5. The van der Waals surface area contributed by atoms with Gasteiger partial charge in [0.25, 0.3) is 0 Å². The summed E-state index contributed by atoms with van der Waals surface area (Å²) in [7, 11) is 0. The third-order valence-corrected chi connectivity index (χ3v) is 1.95. The summed E-state index contributed by atoms with van der Waals surface area (Å²) >= 11 is 0. The highest BCUT2D eigenvalue weighted by atomic mass is 19.1. The van der Waals surface area contributed by atoms with E-state index in [2.05, 4.69) is 11.8 Å². The molecule has 0 aliphatic rings. The molecule has 1 aromatic carbocycles. The zero-order valence-corrected chi connectivity index (χ0v) is 8.88. The molecule has 0 aromatic heterocycles. The van der Waals surface area contributed by atoms with E-state index >= 15 is 0 Å². The van der Waals surface area contributed by atoms with Gasteiger partial charge >= 0.3 is 0 Å². The van der Waals surface area contributed by atoms with E-state index < -0.39 is 0 Å². The fraction of sp³-hybridized carbons (Fsp3) is 0.333. The molecule has 0 spiro atoms. The number of rotatable bonds is 3. The maximum atomic E-state index is 13.4. The molecule has 0 aliphatic carbocycles. The van der Waals surface area contributed by atoms with Crippen molar-refractivity contribution in [2.45, 2.75) is 19.9 Å². The Morgan fingerprint density at radius 1 is 1.53 bits per heavy atom. The lowest BCUT2D eigenvalue weighted by atomic mass is 10.1. The van der Waals surface area contributed by atoms with E-state index in [1.807, 2.05) is 0 Å². The Morgan fingerprint density at radius 3 is 2.80 bits per heavy atom. The first-order valence-corrected chi connectivity index (χ1v) is 4.72. The van der Waals surface area contributed by atoms with Crippen LogP contribution in [0.15, 0.2) is 18.2 Å². The Morgan fingerprint density at radius 2 is 2.27 bits per heavy atom. The van der Waals surface area contributed by atoms with Crippen LogP contribution in [0, 0.1) is 17.7 Å².